The quantitative estimate of drug-likeness (QED) is 0.498. The van der Waals surface area contributed by atoms with E-state index in [0.717, 1.165) is 38.8 Å². The van der Waals surface area contributed by atoms with Crippen LogP contribution in [0.5, 0.6) is 5.75 Å². The summed E-state index contributed by atoms with van der Waals surface area (Å²) in [6, 6.07) is 19.9. The number of hydrogen-bond donors (Lipinski definition) is 0. The van der Waals surface area contributed by atoms with Gasteiger partial charge in [0.1, 0.15) is 5.75 Å². The molecule has 5 nitrogen and oxygen atoms in total. The average molecular weight is 360 g/mol. The molecule has 1 aromatic heterocycles. The Morgan fingerprint density at radius 3 is 2.41 bits per heavy atom. The number of esters is 1. The van der Waals surface area contributed by atoms with Crippen molar-refractivity contribution >= 4 is 27.6 Å². The number of hydrogen-bond acceptors (Lipinski definition) is 4. The first-order chi connectivity index (χ1) is 13.2. The van der Waals surface area contributed by atoms with Crippen molar-refractivity contribution in [3.8, 4) is 11.4 Å². The van der Waals surface area contributed by atoms with Gasteiger partial charge in [-0.3, -0.25) is 4.79 Å². The second-order valence-corrected chi connectivity index (χ2v) is 6.25. The van der Waals surface area contributed by atoms with Crippen molar-refractivity contribution in [3.05, 3.63) is 66.4 Å². The summed E-state index contributed by atoms with van der Waals surface area (Å²) in [5, 5.41) is 7.96. The number of benzene rings is 3. The van der Waals surface area contributed by atoms with E-state index in [0.29, 0.717) is 6.61 Å². The van der Waals surface area contributed by atoms with Crippen molar-refractivity contribution in [3.63, 3.8) is 0 Å². The Morgan fingerprint density at radius 1 is 1.04 bits per heavy atom. The minimum atomic E-state index is -0.262. The highest BCUT2D eigenvalue weighted by Gasteiger charge is 2.17. The first-order valence-corrected chi connectivity index (χ1v) is 8.90. The predicted octanol–water partition coefficient (Wildman–Crippen LogP) is 4.29. The molecule has 0 fully saturated rings. The molecular weight excluding hydrogens is 340 g/mol. The number of nitrogens with zero attached hydrogens (tertiary/aromatic N) is 2. The second kappa shape index (κ2) is 7.11. The van der Waals surface area contributed by atoms with E-state index >= 15 is 0 Å². The molecular formula is C22H20N2O3. The Kier molecular flexibility index (Phi) is 4.50. The van der Waals surface area contributed by atoms with Gasteiger partial charge in [-0.05, 0) is 54.1 Å². The van der Waals surface area contributed by atoms with Crippen molar-refractivity contribution in [1.82, 2.24) is 9.78 Å². The number of methoxy groups -OCH3 is 1. The third-order valence-corrected chi connectivity index (χ3v) is 4.57. The molecule has 5 heteroatoms. The number of carbonyl (C=O) groups is 1. The number of fused-ring (bicyclic) bond motifs is 2. The smallest absolute Gasteiger partial charge is 0.311 e. The summed E-state index contributed by atoms with van der Waals surface area (Å²) in [5.41, 5.74) is 2.54. The van der Waals surface area contributed by atoms with Gasteiger partial charge in [-0.25, -0.2) is 4.68 Å². The molecule has 27 heavy (non-hydrogen) atoms. The highest BCUT2D eigenvalue weighted by Crippen LogP contribution is 2.28. The Hall–Kier alpha value is -3.34. The van der Waals surface area contributed by atoms with Gasteiger partial charge in [0.2, 0.25) is 0 Å². The lowest BCUT2D eigenvalue weighted by molar-refractivity contribution is -0.142. The molecule has 0 spiro atoms. The normalized spacial score (nSPS) is 11.0. The van der Waals surface area contributed by atoms with Crippen LogP contribution < -0.4 is 4.74 Å². The summed E-state index contributed by atoms with van der Waals surface area (Å²) < 4.78 is 12.2. The lowest BCUT2D eigenvalue weighted by Gasteiger charge is -2.09. The average Bonchev–Trinajstić information content (AvgIpc) is 3.03. The molecule has 4 rings (SSSR count). The first kappa shape index (κ1) is 17.1. The third kappa shape index (κ3) is 3.24. The van der Waals surface area contributed by atoms with E-state index in [1.165, 1.54) is 0 Å². The van der Waals surface area contributed by atoms with E-state index in [1.54, 1.807) is 7.11 Å². The van der Waals surface area contributed by atoms with Crippen LogP contribution in [0.25, 0.3) is 27.4 Å². The molecule has 0 aliphatic carbocycles. The van der Waals surface area contributed by atoms with Crippen LogP contribution >= 0.6 is 0 Å². The van der Waals surface area contributed by atoms with Gasteiger partial charge in [-0.2, -0.15) is 5.10 Å². The molecule has 0 amide bonds. The maximum absolute atomic E-state index is 12.2. The van der Waals surface area contributed by atoms with Gasteiger partial charge < -0.3 is 9.47 Å². The molecule has 0 aliphatic rings. The maximum atomic E-state index is 12.2. The Balaban J connectivity index is 1.91. The van der Waals surface area contributed by atoms with E-state index in [1.807, 2.05) is 48.0 Å². The van der Waals surface area contributed by atoms with Gasteiger partial charge in [-0.15, -0.1) is 0 Å². The molecule has 3 aromatic carbocycles. The van der Waals surface area contributed by atoms with E-state index in [-0.39, 0.29) is 12.4 Å². The molecule has 0 atom stereocenters. The highest BCUT2D eigenvalue weighted by atomic mass is 16.5. The lowest BCUT2D eigenvalue weighted by Crippen LogP contribution is -2.12. The predicted molar refractivity (Wildman–Crippen MR) is 105 cm³/mol. The second-order valence-electron chi connectivity index (χ2n) is 6.25. The largest absolute Gasteiger partial charge is 0.497 e. The van der Waals surface area contributed by atoms with Gasteiger partial charge >= 0.3 is 5.97 Å². The minimum absolute atomic E-state index is 0.161. The van der Waals surface area contributed by atoms with Crippen LogP contribution in [-0.2, 0) is 16.0 Å². The fourth-order valence-electron chi connectivity index (χ4n) is 3.28. The number of aromatic nitrogens is 2. The number of ether oxygens (including phenoxy) is 2. The molecule has 0 saturated heterocycles. The van der Waals surface area contributed by atoms with E-state index in [4.69, 9.17) is 14.6 Å². The van der Waals surface area contributed by atoms with Crippen LogP contribution in [-0.4, -0.2) is 29.5 Å². The van der Waals surface area contributed by atoms with Gasteiger partial charge in [0.25, 0.3) is 0 Å². The Labute approximate surface area is 157 Å². The highest BCUT2D eigenvalue weighted by molar-refractivity contribution is 5.98. The van der Waals surface area contributed by atoms with Gasteiger partial charge in [0.15, 0.2) is 0 Å². The monoisotopic (exact) mass is 360 g/mol. The lowest BCUT2D eigenvalue weighted by atomic mass is 10.1. The Morgan fingerprint density at radius 2 is 1.74 bits per heavy atom. The van der Waals surface area contributed by atoms with Crippen LogP contribution in [0.2, 0.25) is 0 Å². The fraction of sp³-hybridized carbons (Fsp3) is 0.182. The zero-order chi connectivity index (χ0) is 18.8. The number of carbonyl (C=O) groups excluding carboxylic acids is 1. The van der Waals surface area contributed by atoms with Crippen LogP contribution in [0, 0.1) is 0 Å². The Bertz CT molecular complexity index is 1110. The SMILES string of the molecule is CCOC(=O)Cc1c2cc3ccccc3cc2nn1-c1ccc(OC)cc1. The maximum Gasteiger partial charge on any atom is 0.311 e. The van der Waals surface area contributed by atoms with Crippen molar-refractivity contribution in [2.75, 3.05) is 13.7 Å². The van der Waals surface area contributed by atoms with E-state index < -0.39 is 0 Å². The van der Waals surface area contributed by atoms with Gasteiger partial charge in [0, 0.05) is 5.39 Å². The van der Waals surface area contributed by atoms with Crippen LogP contribution in [0.3, 0.4) is 0 Å². The molecule has 0 bridgehead atoms. The minimum Gasteiger partial charge on any atom is -0.497 e. The summed E-state index contributed by atoms with van der Waals surface area (Å²) in [5.74, 6) is 0.510. The molecule has 0 N–H and O–H groups in total. The van der Waals surface area contributed by atoms with Crippen LogP contribution in [0.15, 0.2) is 60.7 Å². The summed E-state index contributed by atoms with van der Waals surface area (Å²) >= 11 is 0. The molecule has 4 aromatic rings. The molecule has 0 radical (unpaired) electrons. The summed E-state index contributed by atoms with van der Waals surface area (Å²) in [4.78, 5) is 12.2. The molecule has 136 valence electrons. The van der Waals surface area contributed by atoms with Crippen LogP contribution in [0.1, 0.15) is 12.6 Å². The standard InChI is InChI=1S/C22H20N2O3/c1-3-27-22(25)14-21-19-12-15-6-4-5-7-16(15)13-20(19)23-24(21)17-8-10-18(26-2)11-9-17/h4-13H,3,14H2,1-2H3. The summed E-state index contributed by atoms with van der Waals surface area (Å²) in [6.45, 7) is 2.17. The first-order valence-electron chi connectivity index (χ1n) is 8.90. The van der Waals surface area contributed by atoms with E-state index in [2.05, 4.69) is 24.3 Å². The van der Waals surface area contributed by atoms with Crippen LogP contribution in [0.4, 0.5) is 0 Å². The van der Waals surface area contributed by atoms with Crippen molar-refractivity contribution in [2.45, 2.75) is 13.3 Å². The third-order valence-electron chi connectivity index (χ3n) is 4.57. The van der Waals surface area contributed by atoms with Gasteiger partial charge in [0.05, 0.1) is 37.0 Å². The van der Waals surface area contributed by atoms with Crippen molar-refractivity contribution in [1.29, 1.82) is 0 Å². The zero-order valence-corrected chi connectivity index (χ0v) is 15.3. The molecule has 0 unspecified atom stereocenters. The topological polar surface area (TPSA) is 53.3 Å². The van der Waals surface area contributed by atoms with Crippen molar-refractivity contribution in [2.24, 2.45) is 0 Å². The van der Waals surface area contributed by atoms with Crippen molar-refractivity contribution < 1.29 is 14.3 Å². The summed E-state index contributed by atoms with van der Waals surface area (Å²) in [7, 11) is 1.63. The zero-order valence-electron chi connectivity index (χ0n) is 15.3. The number of rotatable bonds is 5. The van der Waals surface area contributed by atoms with E-state index in [9.17, 15) is 4.79 Å². The molecule has 0 saturated carbocycles. The van der Waals surface area contributed by atoms with Gasteiger partial charge in [-0.1, -0.05) is 24.3 Å². The fourth-order valence-corrected chi connectivity index (χ4v) is 3.28. The summed E-state index contributed by atoms with van der Waals surface area (Å²) in [6.07, 6.45) is 0.161. The molecule has 1 heterocycles. The molecule has 0 aliphatic heterocycles.